The molecule has 2 rings (SSSR count). The highest BCUT2D eigenvalue weighted by atomic mass is 16.5. The zero-order valence-electron chi connectivity index (χ0n) is 10.5. The van der Waals surface area contributed by atoms with Gasteiger partial charge < -0.3 is 15.6 Å². The zero-order valence-corrected chi connectivity index (χ0v) is 10.5. The van der Waals surface area contributed by atoms with Crippen molar-refractivity contribution in [2.45, 2.75) is 57.7 Å². The van der Waals surface area contributed by atoms with Gasteiger partial charge in [0.15, 0.2) is 0 Å². The van der Waals surface area contributed by atoms with E-state index in [1.807, 2.05) is 6.92 Å². The highest BCUT2D eigenvalue weighted by molar-refractivity contribution is 5.05. The first-order valence-corrected chi connectivity index (χ1v) is 6.55. The molecule has 0 amide bonds. The third-order valence-electron chi connectivity index (χ3n) is 4.78. The molecule has 1 heterocycles. The molecule has 3 nitrogen and oxygen atoms in total. The van der Waals surface area contributed by atoms with E-state index in [1.54, 1.807) is 0 Å². The fourth-order valence-corrected chi connectivity index (χ4v) is 3.74. The van der Waals surface area contributed by atoms with Crippen LogP contribution in [0.3, 0.4) is 0 Å². The van der Waals surface area contributed by atoms with E-state index in [0.717, 1.165) is 25.7 Å². The topological polar surface area (TPSA) is 55.5 Å². The molecule has 1 aliphatic heterocycles. The first-order valence-electron chi connectivity index (χ1n) is 6.55. The Labute approximate surface area is 98.4 Å². The third kappa shape index (κ3) is 1.89. The summed E-state index contributed by atoms with van der Waals surface area (Å²) in [6, 6.07) is 0. The van der Waals surface area contributed by atoms with Crippen molar-refractivity contribution in [1.82, 2.24) is 0 Å². The van der Waals surface area contributed by atoms with Crippen molar-refractivity contribution in [2.24, 2.45) is 17.1 Å². The van der Waals surface area contributed by atoms with Gasteiger partial charge in [-0.05, 0) is 25.7 Å². The van der Waals surface area contributed by atoms with Crippen LogP contribution in [-0.2, 0) is 4.74 Å². The lowest BCUT2D eigenvalue weighted by atomic mass is 9.65. The van der Waals surface area contributed by atoms with Crippen molar-refractivity contribution in [3.8, 4) is 0 Å². The van der Waals surface area contributed by atoms with Crippen LogP contribution in [0.1, 0.15) is 46.0 Å². The molecule has 1 saturated heterocycles. The number of hydrogen-bond donors (Lipinski definition) is 2. The summed E-state index contributed by atoms with van der Waals surface area (Å²) in [4.78, 5) is 0. The van der Waals surface area contributed by atoms with E-state index in [9.17, 15) is 5.11 Å². The van der Waals surface area contributed by atoms with Crippen LogP contribution in [0.4, 0.5) is 0 Å². The van der Waals surface area contributed by atoms with Gasteiger partial charge in [-0.2, -0.15) is 0 Å². The summed E-state index contributed by atoms with van der Waals surface area (Å²) in [6.45, 7) is 5.60. The van der Waals surface area contributed by atoms with Crippen LogP contribution in [0.25, 0.3) is 0 Å². The maximum Gasteiger partial charge on any atom is 0.0762 e. The minimum atomic E-state index is -0.593. The van der Waals surface area contributed by atoms with Crippen molar-refractivity contribution in [3.05, 3.63) is 0 Å². The van der Waals surface area contributed by atoms with Crippen molar-refractivity contribution in [1.29, 1.82) is 0 Å². The normalized spacial score (nSPS) is 49.5. The lowest BCUT2D eigenvalue weighted by Crippen LogP contribution is -2.55. The van der Waals surface area contributed by atoms with Crippen LogP contribution in [0.15, 0.2) is 0 Å². The van der Waals surface area contributed by atoms with Gasteiger partial charge in [0.1, 0.15) is 0 Å². The van der Waals surface area contributed by atoms with E-state index >= 15 is 0 Å². The van der Waals surface area contributed by atoms with Gasteiger partial charge in [0, 0.05) is 31.4 Å². The maximum atomic E-state index is 10.9. The molecule has 0 bridgehead atoms. The molecule has 0 aromatic heterocycles. The molecule has 94 valence electrons. The third-order valence-corrected chi connectivity index (χ3v) is 4.78. The average Bonchev–Trinajstić information content (AvgIpc) is 2.61. The van der Waals surface area contributed by atoms with Crippen molar-refractivity contribution in [2.75, 3.05) is 13.2 Å². The highest BCUT2D eigenvalue weighted by Gasteiger charge is 2.53. The molecule has 0 aromatic carbocycles. The number of rotatable bonds is 2. The summed E-state index contributed by atoms with van der Waals surface area (Å²) in [7, 11) is 0. The van der Waals surface area contributed by atoms with Crippen LogP contribution in [-0.4, -0.2) is 30.0 Å². The van der Waals surface area contributed by atoms with Gasteiger partial charge in [-0.3, -0.25) is 0 Å². The molecule has 2 fully saturated rings. The van der Waals surface area contributed by atoms with E-state index in [0.29, 0.717) is 19.1 Å². The number of ether oxygens (including phenoxy) is 1. The monoisotopic (exact) mass is 227 g/mol. The Hall–Kier alpha value is -0.120. The summed E-state index contributed by atoms with van der Waals surface area (Å²) >= 11 is 0. The van der Waals surface area contributed by atoms with Crippen LogP contribution in [0.2, 0.25) is 0 Å². The largest absolute Gasteiger partial charge is 0.389 e. The standard InChI is InChI=1S/C13H25NO2/c1-10-3-4-12(7-10,9-14)13(15)5-6-16-11(2)8-13/h10-11,15H,3-9,14H2,1-2H3. The lowest BCUT2D eigenvalue weighted by molar-refractivity contribution is -0.161. The Morgan fingerprint density at radius 3 is 2.56 bits per heavy atom. The fraction of sp³-hybridized carbons (Fsp3) is 1.00. The lowest BCUT2D eigenvalue weighted by Gasteiger charge is -2.48. The molecule has 0 radical (unpaired) electrons. The molecule has 1 aliphatic carbocycles. The first kappa shape index (κ1) is 12.3. The summed E-state index contributed by atoms with van der Waals surface area (Å²) in [5, 5.41) is 10.9. The van der Waals surface area contributed by atoms with E-state index < -0.39 is 5.60 Å². The van der Waals surface area contributed by atoms with Gasteiger partial charge in [-0.15, -0.1) is 0 Å². The van der Waals surface area contributed by atoms with Crippen molar-refractivity contribution in [3.63, 3.8) is 0 Å². The summed E-state index contributed by atoms with van der Waals surface area (Å²) in [5.41, 5.74) is 5.35. The maximum absolute atomic E-state index is 10.9. The summed E-state index contributed by atoms with van der Waals surface area (Å²) in [6.07, 6.45) is 5.02. The Kier molecular flexibility index (Phi) is 3.30. The molecule has 0 aromatic rings. The van der Waals surface area contributed by atoms with Crippen molar-refractivity contribution >= 4 is 0 Å². The minimum absolute atomic E-state index is 0.0511. The Bertz CT molecular complexity index is 258. The predicted octanol–water partition coefficient (Wildman–Crippen LogP) is 1.68. The molecule has 3 N–H and O–H groups in total. The number of aliphatic hydroxyl groups is 1. The number of hydrogen-bond acceptors (Lipinski definition) is 3. The highest BCUT2D eigenvalue weighted by Crippen LogP contribution is 2.52. The van der Waals surface area contributed by atoms with Gasteiger partial charge in [0.05, 0.1) is 11.7 Å². The van der Waals surface area contributed by atoms with Crippen molar-refractivity contribution < 1.29 is 9.84 Å². The van der Waals surface area contributed by atoms with E-state index in [1.165, 1.54) is 6.42 Å². The van der Waals surface area contributed by atoms with Gasteiger partial charge in [0.25, 0.3) is 0 Å². The van der Waals surface area contributed by atoms with Gasteiger partial charge in [-0.1, -0.05) is 13.3 Å². The van der Waals surface area contributed by atoms with Gasteiger partial charge >= 0.3 is 0 Å². The Morgan fingerprint density at radius 2 is 2.06 bits per heavy atom. The molecular formula is C13H25NO2. The zero-order chi connectivity index (χ0) is 11.8. The second kappa shape index (κ2) is 4.28. The first-order chi connectivity index (χ1) is 7.51. The fourth-order valence-electron chi connectivity index (χ4n) is 3.74. The second-order valence-corrected chi connectivity index (χ2v) is 6.00. The van der Waals surface area contributed by atoms with E-state index in [2.05, 4.69) is 6.92 Å². The Morgan fingerprint density at radius 1 is 1.31 bits per heavy atom. The smallest absolute Gasteiger partial charge is 0.0762 e. The van der Waals surface area contributed by atoms with Crippen LogP contribution in [0.5, 0.6) is 0 Å². The number of nitrogens with two attached hydrogens (primary N) is 1. The average molecular weight is 227 g/mol. The molecular weight excluding hydrogens is 202 g/mol. The molecule has 1 saturated carbocycles. The molecule has 4 atom stereocenters. The van der Waals surface area contributed by atoms with Crippen LogP contribution >= 0.6 is 0 Å². The van der Waals surface area contributed by atoms with E-state index in [4.69, 9.17) is 10.5 Å². The summed E-state index contributed by atoms with van der Waals surface area (Å²) in [5.74, 6) is 0.700. The minimum Gasteiger partial charge on any atom is -0.389 e. The van der Waals surface area contributed by atoms with Crippen LogP contribution < -0.4 is 5.73 Å². The quantitative estimate of drug-likeness (QED) is 0.754. The van der Waals surface area contributed by atoms with Gasteiger partial charge in [0.2, 0.25) is 0 Å². The van der Waals surface area contributed by atoms with E-state index in [-0.39, 0.29) is 11.5 Å². The second-order valence-electron chi connectivity index (χ2n) is 6.00. The molecule has 2 aliphatic rings. The van der Waals surface area contributed by atoms with Gasteiger partial charge in [-0.25, -0.2) is 0 Å². The predicted molar refractivity (Wildman–Crippen MR) is 64.1 cm³/mol. The molecule has 4 unspecified atom stereocenters. The molecule has 0 spiro atoms. The Balaban J connectivity index is 2.19. The van der Waals surface area contributed by atoms with Crippen LogP contribution in [0, 0.1) is 11.3 Å². The molecule has 3 heteroatoms. The SMILES string of the molecule is CC1CCC(CN)(C2(O)CCOC(C)C2)C1. The molecule has 16 heavy (non-hydrogen) atoms. The summed E-state index contributed by atoms with van der Waals surface area (Å²) < 4.78 is 5.55.